The number of nitrogens with zero attached hydrogens (tertiary/aromatic N) is 1. The van der Waals surface area contributed by atoms with Crippen molar-refractivity contribution in [3.8, 4) is 0 Å². The quantitative estimate of drug-likeness (QED) is 0.460. The number of rotatable bonds is 4. The molecular weight excluding hydrogens is 222 g/mol. The second kappa shape index (κ2) is 4.98. The number of hydrogen-bond donors (Lipinski definition) is 0. The summed E-state index contributed by atoms with van der Waals surface area (Å²) in [4.78, 5) is 10.3. The van der Waals surface area contributed by atoms with Gasteiger partial charge in [0.15, 0.2) is 0 Å². The molecule has 0 aromatic carbocycles. The molecule has 0 unspecified atom stereocenters. The van der Waals surface area contributed by atoms with Gasteiger partial charge in [-0.05, 0) is 30.3 Å². The van der Waals surface area contributed by atoms with E-state index >= 15 is 0 Å². The van der Waals surface area contributed by atoms with Gasteiger partial charge in [-0.3, -0.25) is 10.1 Å². The van der Waals surface area contributed by atoms with Gasteiger partial charge < -0.3 is 8.83 Å². The summed E-state index contributed by atoms with van der Waals surface area (Å²) in [7, 11) is 0. The second-order valence-electron chi connectivity index (χ2n) is 3.19. The number of furan rings is 2. The van der Waals surface area contributed by atoms with Crippen LogP contribution in [-0.2, 0) is 0 Å². The lowest BCUT2D eigenvalue weighted by atomic mass is 10.3. The highest BCUT2D eigenvalue weighted by Gasteiger charge is 2.07. The van der Waals surface area contributed by atoms with Crippen LogP contribution in [0.25, 0.3) is 12.2 Å². The molecule has 5 heteroatoms. The van der Waals surface area contributed by atoms with E-state index in [1.165, 1.54) is 30.8 Å². The first-order valence-corrected chi connectivity index (χ1v) is 4.87. The highest BCUT2D eigenvalue weighted by atomic mass is 16.6. The van der Waals surface area contributed by atoms with Crippen LogP contribution >= 0.6 is 0 Å². The fourth-order valence-electron chi connectivity index (χ4n) is 1.23. The number of allylic oxidation sites excluding steroid dienone is 1. The lowest BCUT2D eigenvalue weighted by Gasteiger charge is -1.90. The van der Waals surface area contributed by atoms with E-state index in [-0.39, 0.29) is 5.70 Å². The van der Waals surface area contributed by atoms with E-state index in [2.05, 4.69) is 0 Å². The van der Waals surface area contributed by atoms with Crippen molar-refractivity contribution in [1.82, 2.24) is 0 Å². The zero-order valence-electron chi connectivity index (χ0n) is 8.78. The molecule has 0 amide bonds. The molecule has 0 aliphatic rings. The van der Waals surface area contributed by atoms with Crippen LogP contribution in [0.15, 0.2) is 57.4 Å². The van der Waals surface area contributed by atoms with Crippen molar-refractivity contribution in [2.45, 2.75) is 0 Å². The van der Waals surface area contributed by atoms with Crippen molar-refractivity contribution in [3.63, 3.8) is 0 Å². The second-order valence-corrected chi connectivity index (χ2v) is 3.19. The van der Waals surface area contributed by atoms with E-state index in [0.717, 1.165) is 0 Å². The van der Waals surface area contributed by atoms with Gasteiger partial charge >= 0.3 is 0 Å². The molecule has 0 N–H and O–H groups in total. The fourth-order valence-corrected chi connectivity index (χ4v) is 1.23. The molecule has 2 rings (SSSR count). The molecule has 0 fully saturated rings. The van der Waals surface area contributed by atoms with Gasteiger partial charge in [0.2, 0.25) is 0 Å². The third-order valence-corrected chi connectivity index (χ3v) is 2.01. The van der Waals surface area contributed by atoms with Crippen LogP contribution in [0.3, 0.4) is 0 Å². The molecule has 0 radical (unpaired) electrons. The van der Waals surface area contributed by atoms with Gasteiger partial charge in [0.1, 0.15) is 11.5 Å². The molecular formula is C12H9NO4. The van der Waals surface area contributed by atoms with Gasteiger partial charge in [-0.2, -0.15) is 0 Å². The Morgan fingerprint density at radius 3 is 2.35 bits per heavy atom. The summed E-state index contributed by atoms with van der Waals surface area (Å²) in [5.74, 6) is 0.984. The SMILES string of the molecule is O=[N+]([O-])C(=C\c1ccco1)/C=C/c1ccco1. The summed E-state index contributed by atoms with van der Waals surface area (Å²) in [6.45, 7) is 0. The minimum atomic E-state index is -0.484. The molecule has 0 atom stereocenters. The van der Waals surface area contributed by atoms with Crippen molar-refractivity contribution in [2.75, 3.05) is 0 Å². The molecule has 86 valence electrons. The standard InChI is InChI=1S/C12H9NO4/c14-13(15)10(9-12-4-2-8-17-12)5-6-11-3-1-7-16-11/h1-9H/b6-5+,10-9-. The van der Waals surface area contributed by atoms with Crippen molar-refractivity contribution in [1.29, 1.82) is 0 Å². The summed E-state index contributed by atoms with van der Waals surface area (Å²) >= 11 is 0. The average molecular weight is 231 g/mol. The summed E-state index contributed by atoms with van der Waals surface area (Å²) in [6, 6.07) is 6.73. The maximum Gasteiger partial charge on any atom is 0.273 e. The van der Waals surface area contributed by atoms with Gasteiger partial charge in [-0.15, -0.1) is 0 Å². The lowest BCUT2D eigenvalue weighted by Crippen LogP contribution is -1.94. The Kier molecular flexibility index (Phi) is 3.20. The predicted molar refractivity (Wildman–Crippen MR) is 61.4 cm³/mol. The van der Waals surface area contributed by atoms with Crippen LogP contribution in [0.5, 0.6) is 0 Å². The summed E-state index contributed by atoms with van der Waals surface area (Å²) in [5, 5.41) is 10.8. The van der Waals surface area contributed by atoms with Crippen molar-refractivity contribution in [2.24, 2.45) is 0 Å². The maximum atomic E-state index is 10.8. The minimum absolute atomic E-state index is 0.0728. The van der Waals surface area contributed by atoms with Gasteiger partial charge in [-0.25, -0.2) is 0 Å². The van der Waals surface area contributed by atoms with E-state index < -0.39 is 4.92 Å². The monoisotopic (exact) mass is 231 g/mol. The Morgan fingerprint density at radius 2 is 1.82 bits per heavy atom. The zero-order valence-corrected chi connectivity index (χ0v) is 8.78. The zero-order chi connectivity index (χ0) is 12.1. The summed E-state index contributed by atoms with van der Waals surface area (Å²) < 4.78 is 10.1. The summed E-state index contributed by atoms with van der Waals surface area (Å²) in [5.41, 5.74) is -0.0728. The van der Waals surface area contributed by atoms with Crippen molar-refractivity contribution < 1.29 is 13.8 Å². The van der Waals surface area contributed by atoms with E-state index in [9.17, 15) is 10.1 Å². The molecule has 5 nitrogen and oxygen atoms in total. The first-order chi connectivity index (χ1) is 8.25. The molecule has 0 spiro atoms. The Labute approximate surface area is 96.8 Å². The smallest absolute Gasteiger partial charge is 0.273 e. The highest BCUT2D eigenvalue weighted by Crippen LogP contribution is 2.11. The predicted octanol–water partition coefficient (Wildman–Crippen LogP) is 3.20. The molecule has 2 heterocycles. The fraction of sp³-hybridized carbons (Fsp3) is 0. The Bertz CT molecular complexity index is 535. The van der Waals surface area contributed by atoms with E-state index in [0.29, 0.717) is 11.5 Å². The number of hydrogen-bond acceptors (Lipinski definition) is 4. The molecule has 0 aliphatic heterocycles. The van der Waals surface area contributed by atoms with Crippen LogP contribution in [0, 0.1) is 10.1 Å². The Balaban J connectivity index is 2.22. The van der Waals surface area contributed by atoms with Gasteiger partial charge in [0.05, 0.1) is 23.5 Å². The highest BCUT2D eigenvalue weighted by molar-refractivity contribution is 5.54. The van der Waals surface area contributed by atoms with Gasteiger partial charge in [0.25, 0.3) is 5.70 Å². The first kappa shape index (κ1) is 10.9. The van der Waals surface area contributed by atoms with Gasteiger partial charge in [-0.1, -0.05) is 0 Å². The molecule has 2 aromatic heterocycles. The largest absolute Gasteiger partial charge is 0.465 e. The molecule has 17 heavy (non-hydrogen) atoms. The van der Waals surface area contributed by atoms with Crippen LogP contribution in [0.1, 0.15) is 11.5 Å². The molecule has 0 saturated carbocycles. The minimum Gasteiger partial charge on any atom is -0.465 e. The molecule has 2 aromatic rings. The van der Waals surface area contributed by atoms with Crippen molar-refractivity contribution in [3.05, 3.63) is 70.2 Å². The third kappa shape index (κ3) is 2.94. The Hall–Kier alpha value is -2.56. The summed E-state index contributed by atoms with van der Waals surface area (Å²) in [6.07, 6.45) is 7.19. The number of nitro groups is 1. The van der Waals surface area contributed by atoms with E-state index in [1.54, 1.807) is 24.3 Å². The van der Waals surface area contributed by atoms with Crippen molar-refractivity contribution >= 4 is 12.2 Å². The lowest BCUT2D eigenvalue weighted by molar-refractivity contribution is -0.417. The van der Waals surface area contributed by atoms with Crippen LogP contribution in [0.4, 0.5) is 0 Å². The molecule has 0 bridgehead atoms. The normalized spacial score (nSPS) is 12.1. The molecule has 0 aliphatic carbocycles. The Morgan fingerprint density at radius 1 is 1.18 bits per heavy atom. The van der Waals surface area contributed by atoms with Gasteiger partial charge in [0, 0.05) is 6.08 Å². The van der Waals surface area contributed by atoms with Crippen LogP contribution in [-0.4, -0.2) is 4.92 Å². The maximum absolute atomic E-state index is 10.8. The van der Waals surface area contributed by atoms with E-state index in [1.807, 2.05) is 0 Å². The average Bonchev–Trinajstić information content (AvgIpc) is 2.97. The third-order valence-electron chi connectivity index (χ3n) is 2.01. The first-order valence-electron chi connectivity index (χ1n) is 4.87. The van der Waals surface area contributed by atoms with E-state index in [4.69, 9.17) is 8.83 Å². The van der Waals surface area contributed by atoms with Crippen LogP contribution < -0.4 is 0 Å². The topological polar surface area (TPSA) is 69.4 Å². The van der Waals surface area contributed by atoms with Crippen LogP contribution in [0.2, 0.25) is 0 Å². The molecule has 0 saturated heterocycles.